The quantitative estimate of drug-likeness (QED) is 0.825. The monoisotopic (exact) mass is 387 g/mol. The predicted molar refractivity (Wildman–Crippen MR) is 106 cm³/mol. The first kappa shape index (κ1) is 19.4. The molecule has 2 heterocycles. The van der Waals surface area contributed by atoms with Crippen LogP contribution < -0.4 is 10.1 Å². The Morgan fingerprint density at radius 1 is 1.33 bits per heavy atom. The van der Waals surface area contributed by atoms with E-state index in [0.717, 1.165) is 22.6 Å². The van der Waals surface area contributed by atoms with Crippen LogP contribution in [-0.4, -0.2) is 34.8 Å². The second-order valence-corrected chi connectivity index (χ2v) is 8.24. The fraction of sp³-hybridized carbons (Fsp3) is 0.450. The van der Waals surface area contributed by atoms with Crippen molar-refractivity contribution in [2.75, 3.05) is 18.5 Å². The van der Waals surface area contributed by atoms with Crippen molar-refractivity contribution in [1.29, 1.82) is 0 Å². The molecule has 3 rings (SSSR count). The number of fused-ring (bicyclic) bond motifs is 1. The van der Waals surface area contributed by atoms with Gasteiger partial charge in [-0.2, -0.15) is 0 Å². The number of aryl methyl sites for hydroxylation is 1. The van der Waals surface area contributed by atoms with Crippen molar-refractivity contribution in [2.24, 2.45) is 5.92 Å². The summed E-state index contributed by atoms with van der Waals surface area (Å²) in [6.07, 6.45) is 1.29. The molecule has 1 aromatic carbocycles. The van der Waals surface area contributed by atoms with E-state index in [1.807, 2.05) is 49.9 Å². The van der Waals surface area contributed by atoms with E-state index >= 15 is 0 Å². The molecule has 0 unspecified atom stereocenters. The molecule has 0 radical (unpaired) electrons. The minimum atomic E-state index is -0.239. The molecular formula is C20H25N3O3S. The first-order valence-electron chi connectivity index (χ1n) is 9.17. The number of para-hydroxylation sites is 1. The van der Waals surface area contributed by atoms with Crippen molar-refractivity contribution in [3.63, 3.8) is 0 Å². The third kappa shape index (κ3) is 5.07. The number of nitrogens with one attached hydrogen (secondary N) is 1. The molecule has 1 aliphatic heterocycles. The van der Waals surface area contributed by atoms with Gasteiger partial charge in [-0.1, -0.05) is 43.4 Å². The maximum absolute atomic E-state index is 12.3. The number of carbonyl (C=O) groups is 2. The summed E-state index contributed by atoms with van der Waals surface area (Å²) < 4.78 is 5.57. The van der Waals surface area contributed by atoms with Crippen molar-refractivity contribution in [1.82, 2.24) is 9.88 Å². The van der Waals surface area contributed by atoms with E-state index in [9.17, 15) is 9.59 Å². The van der Waals surface area contributed by atoms with Crippen molar-refractivity contribution in [3.8, 4) is 5.75 Å². The van der Waals surface area contributed by atoms with E-state index in [-0.39, 0.29) is 18.4 Å². The predicted octanol–water partition coefficient (Wildman–Crippen LogP) is 3.40. The summed E-state index contributed by atoms with van der Waals surface area (Å²) in [4.78, 5) is 31.9. The van der Waals surface area contributed by atoms with Crippen LogP contribution in [0.3, 0.4) is 0 Å². The van der Waals surface area contributed by atoms with Crippen LogP contribution in [0.4, 0.5) is 5.13 Å². The SMILES string of the molecule is Cc1ccccc1OCC(=O)Nc1nc2c(s1)CN(C(=O)CC(C)C)CC2. The summed E-state index contributed by atoms with van der Waals surface area (Å²) in [6, 6.07) is 7.58. The number of hydrogen-bond acceptors (Lipinski definition) is 5. The van der Waals surface area contributed by atoms with E-state index in [1.54, 1.807) is 0 Å². The number of hydrogen-bond donors (Lipinski definition) is 1. The zero-order valence-electron chi connectivity index (χ0n) is 15.9. The largest absolute Gasteiger partial charge is 0.483 e. The number of benzene rings is 1. The molecule has 0 aliphatic carbocycles. The number of amides is 2. The highest BCUT2D eigenvalue weighted by molar-refractivity contribution is 7.15. The van der Waals surface area contributed by atoms with Gasteiger partial charge >= 0.3 is 0 Å². The molecule has 0 saturated carbocycles. The van der Waals surface area contributed by atoms with Gasteiger partial charge in [-0.3, -0.25) is 14.9 Å². The van der Waals surface area contributed by atoms with Crippen LogP contribution in [0, 0.1) is 12.8 Å². The molecule has 0 bridgehead atoms. The normalized spacial score (nSPS) is 13.4. The van der Waals surface area contributed by atoms with E-state index in [1.165, 1.54) is 11.3 Å². The Balaban J connectivity index is 1.55. The lowest BCUT2D eigenvalue weighted by atomic mass is 10.1. The smallest absolute Gasteiger partial charge is 0.264 e. The van der Waals surface area contributed by atoms with Gasteiger partial charge in [-0.05, 0) is 24.5 Å². The molecule has 27 heavy (non-hydrogen) atoms. The Morgan fingerprint density at radius 3 is 2.85 bits per heavy atom. The average molecular weight is 388 g/mol. The van der Waals surface area contributed by atoms with Crippen LogP contribution in [0.25, 0.3) is 0 Å². The molecule has 1 aromatic heterocycles. The second kappa shape index (κ2) is 8.52. The van der Waals surface area contributed by atoms with Crippen molar-refractivity contribution < 1.29 is 14.3 Å². The van der Waals surface area contributed by atoms with Crippen molar-refractivity contribution in [2.45, 2.75) is 40.2 Å². The van der Waals surface area contributed by atoms with Gasteiger partial charge < -0.3 is 9.64 Å². The number of thiazole rings is 1. The maximum atomic E-state index is 12.3. The molecule has 1 N–H and O–H groups in total. The third-order valence-electron chi connectivity index (χ3n) is 4.37. The summed E-state index contributed by atoms with van der Waals surface area (Å²) in [6.45, 7) is 7.24. The minimum absolute atomic E-state index is 0.0614. The number of rotatable bonds is 6. The van der Waals surface area contributed by atoms with Crippen molar-refractivity contribution >= 4 is 28.3 Å². The standard InChI is InChI=1S/C20H25N3O3S/c1-13(2)10-19(25)23-9-8-15-17(11-23)27-20(21-15)22-18(24)12-26-16-7-5-4-6-14(16)3/h4-7,13H,8-12H2,1-3H3,(H,21,22,24). The number of aromatic nitrogens is 1. The Labute approximate surface area is 163 Å². The molecule has 7 heteroatoms. The Morgan fingerprint density at radius 2 is 2.11 bits per heavy atom. The number of nitrogens with zero attached hydrogens (tertiary/aromatic N) is 2. The van der Waals surface area contributed by atoms with E-state index < -0.39 is 0 Å². The topological polar surface area (TPSA) is 71.5 Å². The summed E-state index contributed by atoms with van der Waals surface area (Å²) in [5.74, 6) is 0.993. The minimum Gasteiger partial charge on any atom is -0.483 e. The van der Waals surface area contributed by atoms with Crippen LogP contribution in [0.15, 0.2) is 24.3 Å². The van der Waals surface area contributed by atoms with Crippen LogP contribution >= 0.6 is 11.3 Å². The molecule has 0 spiro atoms. The number of anilines is 1. The maximum Gasteiger partial charge on any atom is 0.264 e. The van der Waals surface area contributed by atoms with Crippen LogP contribution in [0.5, 0.6) is 5.75 Å². The van der Waals surface area contributed by atoms with Crippen LogP contribution in [-0.2, 0) is 22.6 Å². The van der Waals surface area contributed by atoms with Gasteiger partial charge in [0.15, 0.2) is 11.7 Å². The molecule has 1 aliphatic rings. The average Bonchev–Trinajstić information content (AvgIpc) is 3.01. The lowest BCUT2D eigenvalue weighted by Crippen LogP contribution is -2.36. The first-order valence-corrected chi connectivity index (χ1v) is 9.98. The number of carbonyl (C=O) groups excluding carboxylic acids is 2. The number of ether oxygens (including phenoxy) is 1. The summed E-state index contributed by atoms with van der Waals surface area (Å²) in [5.41, 5.74) is 1.96. The van der Waals surface area contributed by atoms with Gasteiger partial charge in [-0.15, -0.1) is 0 Å². The molecule has 2 aromatic rings. The zero-order valence-corrected chi connectivity index (χ0v) is 16.8. The first-order chi connectivity index (χ1) is 12.9. The van der Waals surface area contributed by atoms with Gasteiger partial charge in [-0.25, -0.2) is 4.98 Å². The summed E-state index contributed by atoms with van der Waals surface area (Å²) in [5, 5.41) is 3.37. The van der Waals surface area contributed by atoms with Gasteiger partial charge in [0.05, 0.1) is 12.2 Å². The highest BCUT2D eigenvalue weighted by Gasteiger charge is 2.24. The van der Waals surface area contributed by atoms with Crippen LogP contribution in [0.1, 0.15) is 36.4 Å². The van der Waals surface area contributed by atoms with Gasteiger partial charge in [0.2, 0.25) is 5.91 Å². The lowest BCUT2D eigenvalue weighted by Gasteiger charge is -2.26. The molecule has 144 valence electrons. The van der Waals surface area contributed by atoms with Crippen molar-refractivity contribution in [3.05, 3.63) is 40.4 Å². The van der Waals surface area contributed by atoms with E-state index in [4.69, 9.17) is 4.74 Å². The molecular weight excluding hydrogens is 362 g/mol. The van der Waals surface area contributed by atoms with Gasteiger partial charge in [0.1, 0.15) is 5.75 Å². The Hall–Kier alpha value is -2.41. The van der Waals surface area contributed by atoms with Gasteiger partial charge in [0, 0.05) is 24.3 Å². The van der Waals surface area contributed by atoms with Gasteiger partial charge in [0.25, 0.3) is 5.91 Å². The fourth-order valence-corrected chi connectivity index (χ4v) is 4.00. The zero-order chi connectivity index (χ0) is 19.4. The summed E-state index contributed by atoms with van der Waals surface area (Å²) in [7, 11) is 0. The fourth-order valence-electron chi connectivity index (χ4n) is 2.96. The van der Waals surface area contributed by atoms with Crippen LogP contribution in [0.2, 0.25) is 0 Å². The molecule has 0 atom stereocenters. The highest BCUT2D eigenvalue weighted by Crippen LogP contribution is 2.29. The summed E-state index contributed by atoms with van der Waals surface area (Å²) >= 11 is 1.44. The molecule has 6 nitrogen and oxygen atoms in total. The molecule has 0 saturated heterocycles. The second-order valence-electron chi connectivity index (χ2n) is 7.15. The third-order valence-corrected chi connectivity index (χ3v) is 5.36. The van der Waals surface area contributed by atoms with E-state index in [0.29, 0.717) is 36.3 Å². The molecule has 0 fully saturated rings. The Bertz CT molecular complexity index is 832. The Kier molecular flexibility index (Phi) is 6.11. The molecule has 2 amide bonds. The highest BCUT2D eigenvalue weighted by atomic mass is 32.1. The lowest BCUT2D eigenvalue weighted by molar-refractivity contribution is -0.132. The van der Waals surface area contributed by atoms with E-state index in [2.05, 4.69) is 10.3 Å².